The summed E-state index contributed by atoms with van der Waals surface area (Å²) in [5.41, 5.74) is 1.86. The number of hydrogen-bond donors (Lipinski definition) is 2. The molecule has 2 aromatic heterocycles. The number of carbonyl (C=O) groups is 1. The number of ether oxygens (including phenoxy) is 1. The van der Waals surface area contributed by atoms with Crippen molar-refractivity contribution in [2.75, 3.05) is 17.7 Å². The fraction of sp³-hybridized carbons (Fsp3) is 0.300. The largest absolute Gasteiger partial charge is 0.453 e. The van der Waals surface area contributed by atoms with Crippen molar-refractivity contribution in [1.82, 2.24) is 15.0 Å². The van der Waals surface area contributed by atoms with Gasteiger partial charge in [-0.25, -0.2) is 19.7 Å². The van der Waals surface area contributed by atoms with Crippen LogP contribution in [-0.4, -0.2) is 34.0 Å². The molecule has 140 valence electrons. The van der Waals surface area contributed by atoms with Gasteiger partial charge in [-0.2, -0.15) is 0 Å². The predicted octanol–water partition coefficient (Wildman–Crippen LogP) is 3.80. The third-order valence-corrected chi connectivity index (χ3v) is 3.94. The molecule has 3 rings (SSSR count). The molecule has 0 aliphatic carbocycles. The zero-order valence-electron chi connectivity index (χ0n) is 15.9. The molecular weight excluding hydrogens is 342 g/mol. The molecule has 0 unspecified atom stereocenters. The highest BCUT2D eigenvalue weighted by Gasteiger charge is 2.18. The lowest BCUT2D eigenvalue weighted by molar-refractivity contribution is 0.0330. The highest BCUT2D eigenvalue weighted by Crippen LogP contribution is 2.26. The molecule has 7 heteroatoms. The number of pyridine rings is 1. The van der Waals surface area contributed by atoms with Crippen molar-refractivity contribution in [3.8, 4) is 0 Å². The van der Waals surface area contributed by atoms with Crippen LogP contribution in [0.2, 0.25) is 0 Å². The van der Waals surface area contributed by atoms with Gasteiger partial charge >= 0.3 is 5.97 Å². The van der Waals surface area contributed by atoms with Gasteiger partial charge in [-0.3, -0.25) is 0 Å². The van der Waals surface area contributed by atoms with Crippen molar-refractivity contribution in [2.24, 2.45) is 0 Å². The van der Waals surface area contributed by atoms with Gasteiger partial charge in [0.1, 0.15) is 11.6 Å². The summed E-state index contributed by atoms with van der Waals surface area (Å²) >= 11 is 0. The third-order valence-electron chi connectivity index (χ3n) is 3.94. The maximum absolute atomic E-state index is 12.3. The number of fused-ring (bicyclic) bond motifs is 1. The lowest BCUT2D eigenvalue weighted by Crippen LogP contribution is -2.15. The van der Waals surface area contributed by atoms with Crippen LogP contribution in [0.25, 0.3) is 10.9 Å². The SMILES string of the molecule is CNc1ncc2cc([C@@H](C)OC(=O)c3ccccc3)nc(NC(C)C)c2n1. The molecule has 2 N–H and O–H groups in total. The van der Waals surface area contributed by atoms with Crippen LogP contribution in [-0.2, 0) is 4.74 Å². The summed E-state index contributed by atoms with van der Waals surface area (Å²) in [4.78, 5) is 25.8. The molecule has 0 fully saturated rings. The van der Waals surface area contributed by atoms with E-state index < -0.39 is 6.10 Å². The summed E-state index contributed by atoms with van der Waals surface area (Å²) in [7, 11) is 1.77. The Bertz CT molecular complexity index is 944. The van der Waals surface area contributed by atoms with Crippen LogP contribution >= 0.6 is 0 Å². The average molecular weight is 365 g/mol. The van der Waals surface area contributed by atoms with E-state index in [1.54, 1.807) is 44.4 Å². The number of nitrogens with zero attached hydrogens (tertiary/aromatic N) is 3. The lowest BCUT2D eigenvalue weighted by Gasteiger charge is -2.17. The molecule has 0 spiro atoms. The first-order valence-electron chi connectivity index (χ1n) is 8.86. The summed E-state index contributed by atoms with van der Waals surface area (Å²) in [6.45, 7) is 5.86. The zero-order chi connectivity index (χ0) is 19.4. The minimum absolute atomic E-state index is 0.172. The fourth-order valence-corrected chi connectivity index (χ4v) is 2.63. The molecule has 3 aromatic rings. The summed E-state index contributed by atoms with van der Waals surface area (Å²) in [5.74, 6) is 0.775. The number of hydrogen-bond acceptors (Lipinski definition) is 7. The Morgan fingerprint density at radius 2 is 1.85 bits per heavy atom. The van der Waals surface area contributed by atoms with E-state index in [1.165, 1.54) is 0 Å². The Labute approximate surface area is 158 Å². The number of nitrogens with one attached hydrogen (secondary N) is 2. The summed E-state index contributed by atoms with van der Waals surface area (Å²) < 4.78 is 5.59. The molecule has 2 heterocycles. The molecule has 27 heavy (non-hydrogen) atoms. The van der Waals surface area contributed by atoms with Crippen molar-refractivity contribution in [3.05, 3.63) is 53.9 Å². The second-order valence-electron chi connectivity index (χ2n) is 6.49. The highest BCUT2D eigenvalue weighted by atomic mass is 16.5. The number of carbonyl (C=O) groups excluding carboxylic acids is 1. The second kappa shape index (κ2) is 7.99. The smallest absolute Gasteiger partial charge is 0.338 e. The number of esters is 1. The van der Waals surface area contributed by atoms with Gasteiger partial charge < -0.3 is 15.4 Å². The molecule has 0 saturated carbocycles. The van der Waals surface area contributed by atoms with Crippen molar-refractivity contribution >= 4 is 28.6 Å². The maximum Gasteiger partial charge on any atom is 0.338 e. The molecule has 0 amide bonds. The standard InChI is InChI=1S/C20H23N5O2/c1-12(2)23-18-17-15(11-22-20(21-4)25-17)10-16(24-18)13(3)27-19(26)14-8-6-5-7-9-14/h5-13H,1-4H3,(H,23,24)(H,21,22,25)/t13-/m1/s1. The van der Waals surface area contributed by atoms with Gasteiger partial charge in [0.25, 0.3) is 0 Å². The van der Waals surface area contributed by atoms with Crippen LogP contribution in [0.1, 0.15) is 42.9 Å². The van der Waals surface area contributed by atoms with Crippen LogP contribution in [0.3, 0.4) is 0 Å². The highest BCUT2D eigenvalue weighted by molar-refractivity contribution is 5.90. The van der Waals surface area contributed by atoms with E-state index in [0.717, 1.165) is 5.39 Å². The van der Waals surface area contributed by atoms with Gasteiger partial charge in [0.05, 0.1) is 11.3 Å². The average Bonchev–Trinajstić information content (AvgIpc) is 2.67. The van der Waals surface area contributed by atoms with Gasteiger partial charge in [-0.05, 0) is 39.0 Å². The van der Waals surface area contributed by atoms with Crippen molar-refractivity contribution in [3.63, 3.8) is 0 Å². The minimum Gasteiger partial charge on any atom is -0.453 e. The van der Waals surface area contributed by atoms with Crippen molar-refractivity contribution in [2.45, 2.75) is 32.9 Å². The zero-order valence-corrected chi connectivity index (χ0v) is 15.9. The first kappa shape index (κ1) is 18.6. The van der Waals surface area contributed by atoms with Crippen LogP contribution in [0.5, 0.6) is 0 Å². The second-order valence-corrected chi connectivity index (χ2v) is 6.49. The molecular formula is C20H23N5O2. The monoisotopic (exact) mass is 365 g/mol. The van der Waals surface area contributed by atoms with E-state index in [4.69, 9.17) is 4.74 Å². The molecule has 7 nitrogen and oxygen atoms in total. The first-order valence-corrected chi connectivity index (χ1v) is 8.86. The lowest BCUT2D eigenvalue weighted by atomic mass is 10.1. The Morgan fingerprint density at radius 3 is 2.52 bits per heavy atom. The molecule has 0 aliphatic rings. The summed E-state index contributed by atoms with van der Waals surface area (Å²) in [6.07, 6.45) is 1.22. The summed E-state index contributed by atoms with van der Waals surface area (Å²) in [6, 6.07) is 10.9. The van der Waals surface area contributed by atoms with Crippen molar-refractivity contribution in [1.29, 1.82) is 0 Å². The van der Waals surface area contributed by atoms with E-state index in [-0.39, 0.29) is 12.0 Å². The summed E-state index contributed by atoms with van der Waals surface area (Å²) in [5, 5.41) is 7.07. The molecule has 0 aliphatic heterocycles. The quantitative estimate of drug-likeness (QED) is 0.642. The first-order chi connectivity index (χ1) is 13.0. The van der Waals surface area contributed by atoms with Crippen LogP contribution in [0.4, 0.5) is 11.8 Å². The molecule has 1 atom stereocenters. The van der Waals surface area contributed by atoms with Gasteiger partial charge in [-0.15, -0.1) is 0 Å². The Morgan fingerprint density at radius 1 is 1.11 bits per heavy atom. The van der Waals surface area contributed by atoms with E-state index >= 15 is 0 Å². The van der Waals surface area contributed by atoms with E-state index in [1.807, 2.05) is 26.0 Å². The number of anilines is 2. The van der Waals surface area contributed by atoms with Crippen molar-refractivity contribution < 1.29 is 9.53 Å². The van der Waals surface area contributed by atoms with Gasteiger partial charge in [0.15, 0.2) is 5.82 Å². The maximum atomic E-state index is 12.3. The van der Waals surface area contributed by atoms with E-state index in [2.05, 4.69) is 25.6 Å². The van der Waals surface area contributed by atoms with E-state index in [0.29, 0.717) is 28.5 Å². The van der Waals surface area contributed by atoms with Crippen LogP contribution in [0.15, 0.2) is 42.6 Å². The normalized spacial score (nSPS) is 12.0. The van der Waals surface area contributed by atoms with E-state index in [9.17, 15) is 4.79 Å². The third kappa shape index (κ3) is 4.31. The van der Waals surface area contributed by atoms with Gasteiger partial charge in [0, 0.05) is 24.7 Å². The molecule has 0 bridgehead atoms. The Hall–Kier alpha value is -3.22. The Balaban J connectivity index is 1.94. The number of aromatic nitrogens is 3. The number of benzene rings is 1. The minimum atomic E-state index is -0.515. The van der Waals surface area contributed by atoms with Crippen LogP contribution in [0, 0.1) is 0 Å². The van der Waals surface area contributed by atoms with Gasteiger partial charge in [-0.1, -0.05) is 18.2 Å². The topological polar surface area (TPSA) is 89.0 Å². The van der Waals surface area contributed by atoms with Gasteiger partial charge in [0.2, 0.25) is 5.95 Å². The number of rotatable bonds is 6. The molecule has 0 radical (unpaired) electrons. The predicted molar refractivity (Wildman–Crippen MR) is 106 cm³/mol. The molecule has 1 aromatic carbocycles. The fourth-order valence-electron chi connectivity index (χ4n) is 2.63. The molecule has 0 saturated heterocycles. The Kier molecular flexibility index (Phi) is 5.49. The van der Waals surface area contributed by atoms with Crippen LogP contribution < -0.4 is 10.6 Å².